The van der Waals surface area contributed by atoms with Gasteiger partial charge < -0.3 is 10.2 Å². The van der Waals surface area contributed by atoms with Gasteiger partial charge in [-0.15, -0.1) is 5.48 Å². The van der Waals surface area contributed by atoms with Crippen LogP contribution in [0.2, 0.25) is 0 Å². The topological polar surface area (TPSA) is 33.3 Å². The minimum absolute atomic E-state index is 0.220. The fraction of sp³-hybridized carbons (Fsp3) is 0.571. The summed E-state index contributed by atoms with van der Waals surface area (Å²) in [7, 11) is 0. The first-order valence-electron chi connectivity index (χ1n) is 6.77. The highest BCUT2D eigenvalue weighted by Crippen LogP contribution is 2.38. The summed E-state index contributed by atoms with van der Waals surface area (Å²) in [5, 5.41) is 3.34. The zero-order valence-electron chi connectivity index (χ0n) is 11.0. The Labute approximate surface area is 108 Å². The second-order valence-corrected chi connectivity index (χ2v) is 4.47. The fourth-order valence-corrected chi connectivity index (χ4v) is 2.57. The van der Waals surface area contributed by atoms with Gasteiger partial charge in [0.25, 0.3) is 0 Å². The minimum Gasteiger partial charge on any atom is -0.408 e. The normalized spacial score (nSPS) is 22.7. The van der Waals surface area contributed by atoms with Gasteiger partial charge in [-0.05, 0) is 37.9 Å². The number of hydrogen-bond donors (Lipinski definition) is 2. The first-order chi connectivity index (χ1) is 8.84. The number of halogens is 1. The second kappa shape index (κ2) is 6.16. The number of rotatable bonds is 1. The van der Waals surface area contributed by atoms with E-state index < -0.39 is 0 Å². The maximum absolute atomic E-state index is 13.0. The van der Waals surface area contributed by atoms with Crippen molar-refractivity contribution in [1.82, 2.24) is 10.8 Å². The highest BCUT2D eigenvalue weighted by molar-refractivity contribution is 5.39. The molecule has 0 spiro atoms. The summed E-state index contributed by atoms with van der Waals surface area (Å²) >= 11 is 0. The molecule has 4 heteroatoms. The van der Waals surface area contributed by atoms with E-state index in [2.05, 4.69) is 10.8 Å². The Bertz CT molecular complexity index is 391. The van der Waals surface area contributed by atoms with E-state index in [1.807, 2.05) is 19.9 Å². The highest BCUT2D eigenvalue weighted by atomic mass is 19.1. The molecule has 2 N–H and O–H groups in total. The van der Waals surface area contributed by atoms with Crippen molar-refractivity contribution in [3.8, 4) is 5.75 Å². The summed E-state index contributed by atoms with van der Waals surface area (Å²) in [4.78, 5) is 5.33. The molecule has 0 amide bonds. The van der Waals surface area contributed by atoms with Crippen molar-refractivity contribution in [2.75, 3.05) is 13.1 Å². The predicted molar refractivity (Wildman–Crippen MR) is 69.8 cm³/mol. The Morgan fingerprint density at radius 3 is 2.67 bits per heavy atom. The standard InChI is InChI=1S/C12H15FN2O.C2H6/c13-9-1-2-10-11(7-9)16-15-12(10)8-3-5-14-6-4-8;1-2/h1-2,7-8,12,14-15H,3-6H2;1-2H3. The molecule has 1 aromatic carbocycles. The van der Waals surface area contributed by atoms with Gasteiger partial charge in [0.1, 0.15) is 5.82 Å². The van der Waals surface area contributed by atoms with Crippen LogP contribution in [-0.4, -0.2) is 13.1 Å². The van der Waals surface area contributed by atoms with Gasteiger partial charge in [0.15, 0.2) is 5.75 Å². The van der Waals surface area contributed by atoms with Crippen LogP contribution in [0.5, 0.6) is 5.75 Å². The van der Waals surface area contributed by atoms with Gasteiger partial charge in [0.2, 0.25) is 0 Å². The summed E-state index contributed by atoms with van der Waals surface area (Å²) in [6, 6.07) is 5.00. The van der Waals surface area contributed by atoms with Gasteiger partial charge in [-0.3, -0.25) is 0 Å². The Morgan fingerprint density at radius 1 is 1.22 bits per heavy atom. The summed E-state index contributed by atoms with van der Waals surface area (Å²) in [6.45, 7) is 6.11. The zero-order chi connectivity index (χ0) is 13.0. The van der Waals surface area contributed by atoms with Crippen LogP contribution in [0.4, 0.5) is 4.39 Å². The molecule has 0 aliphatic carbocycles. The molecule has 2 heterocycles. The zero-order valence-corrected chi connectivity index (χ0v) is 11.0. The van der Waals surface area contributed by atoms with Crippen molar-refractivity contribution in [2.45, 2.75) is 32.7 Å². The molecular weight excluding hydrogens is 231 g/mol. The molecule has 2 aliphatic rings. The molecule has 3 rings (SSSR count). The van der Waals surface area contributed by atoms with Crippen LogP contribution in [0.25, 0.3) is 0 Å². The molecule has 1 saturated heterocycles. The van der Waals surface area contributed by atoms with E-state index in [0.717, 1.165) is 31.5 Å². The SMILES string of the molecule is CC.Fc1ccc2c(c1)ONC2C1CCNCC1. The lowest BCUT2D eigenvalue weighted by Gasteiger charge is -2.27. The van der Waals surface area contributed by atoms with Gasteiger partial charge in [0, 0.05) is 11.6 Å². The van der Waals surface area contributed by atoms with Crippen LogP contribution in [0.1, 0.15) is 38.3 Å². The Kier molecular flexibility index (Phi) is 4.55. The van der Waals surface area contributed by atoms with E-state index in [9.17, 15) is 4.39 Å². The largest absolute Gasteiger partial charge is 0.408 e. The lowest BCUT2D eigenvalue weighted by atomic mass is 9.86. The smallest absolute Gasteiger partial charge is 0.155 e. The molecule has 2 aliphatic heterocycles. The Morgan fingerprint density at radius 2 is 1.94 bits per heavy atom. The van der Waals surface area contributed by atoms with E-state index in [1.165, 1.54) is 12.1 Å². The molecule has 1 atom stereocenters. The Balaban J connectivity index is 0.000000574. The molecule has 1 fully saturated rings. The third-order valence-electron chi connectivity index (χ3n) is 3.46. The summed E-state index contributed by atoms with van der Waals surface area (Å²) in [6.07, 6.45) is 2.27. The molecule has 0 bridgehead atoms. The molecule has 0 radical (unpaired) electrons. The summed E-state index contributed by atoms with van der Waals surface area (Å²) in [5.41, 5.74) is 4.12. The van der Waals surface area contributed by atoms with Crippen molar-refractivity contribution < 1.29 is 9.23 Å². The molecule has 1 unspecified atom stereocenters. The van der Waals surface area contributed by atoms with E-state index in [4.69, 9.17) is 4.84 Å². The third-order valence-corrected chi connectivity index (χ3v) is 3.46. The molecule has 0 aromatic heterocycles. The van der Waals surface area contributed by atoms with Crippen LogP contribution < -0.4 is 15.6 Å². The third kappa shape index (κ3) is 2.65. The molecule has 18 heavy (non-hydrogen) atoms. The van der Waals surface area contributed by atoms with Crippen molar-refractivity contribution in [2.24, 2.45) is 5.92 Å². The number of nitrogens with one attached hydrogen (secondary N) is 2. The van der Waals surface area contributed by atoms with E-state index in [1.54, 1.807) is 0 Å². The number of hydroxylamine groups is 1. The van der Waals surface area contributed by atoms with Crippen molar-refractivity contribution in [3.05, 3.63) is 29.6 Å². The molecule has 100 valence electrons. The molecular formula is C14H21FN2O. The maximum atomic E-state index is 13.0. The minimum atomic E-state index is -0.244. The van der Waals surface area contributed by atoms with Crippen LogP contribution in [0, 0.1) is 11.7 Å². The monoisotopic (exact) mass is 252 g/mol. The van der Waals surface area contributed by atoms with Crippen molar-refractivity contribution >= 4 is 0 Å². The average molecular weight is 252 g/mol. The van der Waals surface area contributed by atoms with E-state index in [0.29, 0.717) is 11.7 Å². The van der Waals surface area contributed by atoms with Crippen LogP contribution in [0.3, 0.4) is 0 Å². The van der Waals surface area contributed by atoms with Gasteiger partial charge in [0.05, 0.1) is 6.04 Å². The number of piperidine rings is 1. The number of fused-ring (bicyclic) bond motifs is 1. The number of benzene rings is 1. The lowest BCUT2D eigenvalue weighted by molar-refractivity contribution is 0.147. The van der Waals surface area contributed by atoms with Gasteiger partial charge >= 0.3 is 0 Å². The van der Waals surface area contributed by atoms with Crippen LogP contribution >= 0.6 is 0 Å². The maximum Gasteiger partial charge on any atom is 0.155 e. The molecule has 3 nitrogen and oxygen atoms in total. The molecule has 1 aromatic rings. The van der Waals surface area contributed by atoms with Crippen molar-refractivity contribution in [3.63, 3.8) is 0 Å². The van der Waals surface area contributed by atoms with Gasteiger partial charge in [-0.25, -0.2) is 4.39 Å². The second-order valence-electron chi connectivity index (χ2n) is 4.47. The average Bonchev–Trinajstić information content (AvgIpc) is 2.85. The quantitative estimate of drug-likeness (QED) is 0.806. The van der Waals surface area contributed by atoms with Crippen LogP contribution in [0.15, 0.2) is 18.2 Å². The molecule has 0 saturated carbocycles. The number of hydrogen-bond acceptors (Lipinski definition) is 3. The van der Waals surface area contributed by atoms with Crippen molar-refractivity contribution in [1.29, 1.82) is 0 Å². The predicted octanol–water partition coefficient (Wildman–Crippen LogP) is 2.79. The lowest BCUT2D eigenvalue weighted by Crippen LogP contribution is -2.34. The summed E-state index contributed by atoms with van der Waals surface area (Å²) < 4.78 is 13.0. The van der Waals surface area contributed by atoms with E-state index >= 15 is 0 Å². The fourth-order valence-electron chi connectivity index (χ4n) is 2.57. The highest BCUT2D eigenvalue weighted by Gasteiger charge is 2.32. The Hall–Kier alpha value is -1.13. The van der Waals surface area contributed by atoms with Gasteiger partial charge in [-0.1, -0.05) is 19.9 Å². The van der Waals surface area contributed by atoms with E-state index in [-0.39, 0.29) is 11.9 Å². The van der Waals surface area contributed by atoms with Crippen LogP contribution in [-0.2, 0) is 0 Å². The first kappa shape index (κ1) is 13.3. The first-order valence-corrected chi connectivity index (χ1v) is 6.77. The van der Waals surface area contributed by atoms with Gasteiger partial charge in [-0.2, -0.15) is 0 Å². The summed E-state index contributed by atoms with van der Waals surface area (Å²) in [5.74, 6) is 0.975.